The van der Waals surface area contributed by atoms with E-state index in [1.54, 1.807) is 0 Å². The number of aliphatic hydroxyl groups excluding tert-OH is 1. The number of hydrogen-bond donors (Lipinski definition) is 1. The molecule has 0 unspecified atom stereocenters. The molecule has 0 aromatic carbocycles. The summed E-state index contributed by atoms with van der Waals surface area (Å²) in [5, 5.41) is 12.0. The Balaban J connectivity index is 1.79. The summed E-state index contributed by atoms with van der Waals surface area (Å²) in [7, 11) is 0. The van der Waals surface area contributed by atoms with E-state index in [-0.39, 0.29) is 6.42 Å². The summed E-state index contributed by atoms with van der Waals surface area (Å²) in [6, 6.07) is 0. The molecule has 0 bridgehead atoms. The van der Waals surface area contributed by atoms with E-state index in [4.69, 9.17) is 0 Å². The predicted molar refractivity (Wildman–Crippen MR) is 91.7 cm³/mol. The number of aliphatic hydroxyl groups is 1. The van der Waals surface area contributed by atoms with Gasteiger partial charge in [-0.3, -0.25) is 4.79 Å². The molecule has 5 atom stereocenters. The molecular formula is C19H29NO3. The third-order valence-electron chi connectivity index (χ3n) is 5.46. The highest BCUT2D eigenvalue weighted by molar-refractivity contribution is 5.76. The van der Waals surface area contributed by atoms with Crippen LogP contribution in [0.4, 0.5) is 0 Å². The zero-order valence-corrected chi connectivity index (χ0v) is 14.3. The fourth-order valence-electron chi connectivity index (χ4n) is 4.12. The van der Waals surface area contributed by atoms with Crippen molar-refractivity contribution in [1.82, 2.24) is 0 Å². The number of carbonyl (C=O) groups excluding carboxylic acids is 1. The van der Waals surface area contributed by atoms with Gasteiger partial charge in [0.05, 0.1) is 12.5 Å². The number of carbonyl (C=O) groups is 1. The van der Waals surface area contributed by atoms with Crippen molar-refractivity contribution in [3.8, 4) is 0 Å². The molecule has 1 amide bonds. The average Bonchev–Trinajstić information content (AvgIpc) is 2.53. The van der Waals surface area contributed by atoms with Crippen molar-refractivity contribution in [3.05, 3.63) is 28.7 Å². The number of fused-ring (bicyclic) bond motifs is 1. The van der Waals surface area contributed by atoms with Crippen molar-refractivity contribution in [1.29, 1.82) is 0 Å². The smallest absolute Gasteiger partial charge is 0.288 e. The van der Waals surface area contributed by atoms with Crippen molar-refractivity contribution >= 4 is 5.91 Å². The number of unbranched alkanes of at least 4 members (excludes halogenated alkanes) is 1. The maximum atomic E-state index is 10.9. The summed E-state index contributed by atoms with van der Waals surface area (Å²) in [6.45, 7) is 4.60. The van der Waals surface area contributed by atoms with Gasteiger partial charge in [0.15, 0.2) is 0 Å². The van der Waals surface area contributed by atoms with E-state index in [9.17, 15) is 14.8 Å². The topological polar surface area (TPSA) is 66.7 Å². The molecule has 1 N–H and O–H groups in total. The van der Waals surface area contributed by atoms with Gasteiger partial charge in [-0.05, 0) is 54.9 Å². The molecule has 2 rings (SSSR count). The van der Waals surface area contributed by atoms with Gasteiger partial charge in [-0.1, -0.05) is 44.9 Å². The number of allylic oxidation sites excluding steroid dienone is 4. The van der Waals surface area contributed by atoms with Gasteiger partial charge in [-0.2, -0.15) is 0 Å². The van der Waals surface area contributed by atoms with Gasteiger partial charge in [0.2, 0.25) is 0 Å². The van der Waals surface area contributed by atoms with E-state index in [1.165, 1.54) is 18.4 Å². The minimum Gasteiger partial charge on any atom is -0.393 e. The monoisotopic (exact) mass is 319 g/mol. The second-order valence-electron chi connectivity index (χ2n) is 7.34. The Morgan fingerprint density at radius 3 is 2.87 bits per heavy atom. The molecule has 4 heteroatoms. The molecule has 0 fully saturated rings. The molecule has 2 aliphatic carbocycles. The first-order valence-corrected chi connectivity index (χ1v) is 8.95. The highest BCUT2D eigenvalue weighted by Gasteiger charge is 2.32. The Hall–Kier alpha value is -1.29. The average molecular weight is 319 g/mol. The van der Waals surface area contributed by atoms with E-state index in [0.29, 0.717) is 30.1 Å². The number of hydrogen-bond acceptors (Lipinski definition) is 3. The van der Waals surface area contributed by atoms with Crippen LogP contribution in [0.3, 0.4) is 0 Å². The Morgan fingerprint density at radius 2 is 2.13 bits per heavy atom. The van der Waals surface area contributed by atoms with E-state index < -0.39 is 12.0 Å². The quantitative estimate of drug-likeness (QED) is 0.559. The Kier molecular flexibility index (Phi) is 6.70. The van der Waals surface area contributed by atoms with Crippen LogP contribution in [0.25, 0.3) is 0 Å². The molecule has 0 saturated heterocycles. The summed E-state index contributed by atoms with van der Waals surface area (Å²) in [5.41, 5.74) is 1.52. The van der Waals surface area contributed by atoms with Crippen LogP contribution in [0.5, 0.6) is 0 Å². The first kappa shape index (κ1) is 18.1. The fraction of sp³-hybridized carbons (Fsp3) is 0.737. The molecular weight excluding hydrogens is 290 g/mol. The van der Waals surface area contributed by atoms with Crippen molar-refractivity contribution in [2.75, 3.05) is 0 Å². The summed E-state index contributed by atoms with van der Waals surface area (Å²) < 4.78 is 0. The largest absolute Gasteiger partial charge is 0.393 e. The molecule has 0 saturated carbocycles. The molecule has 128 valence electrons. The van der Waals surface area contributed by atoms with Gasteiger partial charge >= 0.3 is 0 Å². The fourth-order valence-corrected chi connectivity index (χ4v) is 4.12. The summed E-state index contributed by atoms with van der Waals surface area (Å²) >= 11 is 0. The lowest BCUT2D eigenvalue weighted by Gasteiger charge is -2.38. The van der Waals surface area contributed by atoms with Gasteiger partial charge in [-0.25, -0.2) is 0 Å². The third-order valence-corrected chi connectivity index (χ3v) is 5.46. The first-order valence-electron chi connectivity index (χ1n) is 8.95. The molecule has 0 aromatic rings. The zero-order chi connectivity index (χ0) is 16.8. The van der Waals surface area contributed by atoms with Crippen LogP contribution in [0.2, 0.25) is 0 Å². The lowest BCUT2D eigenvalue weighted by molar-refractivity contribution is -0.119. The minimum absolute atomic E-state index is 0.139. The summed E-state index contributed by atoms with van der Waals surface area (Å²) in [4.78, 5) is 20.9. The Morgan fingerprint density at radius 1 is 1.35 bits per heavy atom. The van der Waals surface area contributed by atoms with Crippen molar-refractivity contribution in [2.24, 2.45) is 28.8 Å². The maximum absolute atomic E-state index is 10.9. The van der Waals surface area contributed by atoms with Crippen LogP contribution < -0.4 is 0 Å². The molecule has 2 aliphatic rings. The van der Waals surface area contributed by atoms with Gasteiger partial charge in [0.25, 0.3) is 5.91 Å². The minimum atomic E-state index is -0.755. The van der Waals surface area contributed by atoms with E-state index in [0.717, 1.165) is 19.3 Å². The SMILES string of the molecule is C[C@@H]1C=C2C=C[C@H](C)[C@H](CCCC[C@@H](O)CC(=O)N=O)[C@H]2CC1. The maximum Gasteiger partial charge on any atom is 0.288 e. The molecule has 0 radical (unpaired) electrons. The highest BCUT2D eigenvalue weighted by Crippen LogP contribution is 2.43. The second-order valence-corrected chi connectivity index (χ2v) is 7.34. The van der Waals surface area contributed by atoms with Crippen LogP contribution in [0.15, 0.2) is 29.0 Å². The Bertz CT molecular complexity index is 483. The molecule has 0 heterocycles. The van der Waals surface area contributed by atoms with Crippen LogP contribution in [0.1, 0.15) is 58.8 Å². The number of nitroso groups, excluding NO2 is 1. The summed E-state index contributed by atoms with van der Waals surface area (Å²) in [6.07, 6.45) is 12.5. The number of amides is 1. The third kappa shape index (κ3) is 5.10. The number of rotatable bonds is 7. The predicted octanol–water partition coefficient (Wildman–Crippen LogP) is 4.39. The van der Waals surface area contributed by atoms with Crippen LogP contribution in [-0.4, -0.2) is 17.1 Å². The summed E-state index contributed by atoms with van der Waals surface area (Å²) in [5.74, 6) is 1.93. The van der Waals surface area contributed by atoms with Gasteiger partial charge < -0.3 is 5.11 Å². The normalized spacial score (nSPS) is 31.2. The zero-order valence-electron chi connectivity index (χ0n) is 14.3. The second kappa shape index (κ2) is 8.53. The van der Waals surface area contributed by atoms with Crippen LogP contribution >= 0.6 is 0 Å². The van der Waals surface area contributed by atoms with Crippen molar-refractivity contribution < 1.29 is 9.90 Å². The molecule has 4 nitrogen and oxygen atoms in total. The standard InChI is InChI=1S/C19H29NO3/c1-13-7-10-18-15(11-13)9-8-14(2)17(18)6-4-3-5-16(21)12-19(22)20-23/h8-9,11,13-14,16-18,21H,3-7,10,12H2,1-2H3/t13-,14-,16+,17-,18-/m0/s1. The van der Waals surface area contributed by atoms with Crippen LogP contribution in [-0.2, 0) is 4.79 Å². The molecule has 0 aromatic heterocycles. The molecule has 0 aliphatic heterocycles. The Labute approximate surface area is 139 Å². The van der Waals surface area contributed by atoms with E-state index >= 15 is 0 Å². The van der Waals surface area contributed by atoms with E-state index in [1.807, 2.05) is 0 Å². The molecule has 23 heavy (non-hydrogen) atoms. The van der Waals surface area contributed by atoms with Gasteiger partial charge in [-0.15, -0.1) is 4.91 Å². The van der Waals surface area contributed by atoms with Gasteiger partial charge in [0.1, 0.15) is 0 Å². The number of nitrogens with zero attached hydrogens (tertiary/aromatic N) is 1. The molecule has 0 spiro atoms. The van der Waals surface area contributed by atoms with Crippen molar-refractivity contribution in [2.45, 2.75) is 64.9 Å². The van der Waals surface area contributed by atoms with Gasteiger partial charge in [0, 0.05) is 5.18 Å². The highest BCUT2D eigenvalue weighted by atomic mass is 16.3. The lowest BCUT2D eigenvalue weighted by Crippen LogP contribution is -2.28. The lowest BCUT2D eigenvalue weighted by atomic mass is 9.67. The van der Waals surface area contributed by atoms with E-state index in [2.05, 4.69) is 37.3 Å². The first-order chi connectivity index (χ1) is 11.0. The van der Waals surface area contributed by atoms with Crippen LogP contribution in [0, 0.1) is 28.6 Å². The van der Waals surface area contributed by atoms with Crippen molar-refractivity contribution in [3.63, 3.8) is 0 Å².